The molecule has 11 heteroatoms. The number of pyridine rings is 1. The van der Waals surface area contributed by atoms with Crippen LogP contribution in [-0.4, -0.2) is 76.2 Å². The fraction of sp³-hybridized carbons (Fsp3) is 0.500. The van der Waals surface area contributed by atoms with Crippen LogP contribution in [0, 0.1) is 5.92 Å². The van der Waals surface area contributed by atoms with Crippen molar-refractivity contribution in [2.45, 2.75) is 102 Å². The minimum Gasteiger partial charge on any atom is -0.488 e. The van der Waals surface area contributed by atoms with Gasteiger partial charge in [-0.15, -0.1) is 0 Å². The number of carbonyl (C=O) groups is 4. The normalized spacial score (nSPS) is 26.2. The molecule has 0 spiro atoms. The number of aromatic nitrogens is 1. The number of benzene rings is 2. The number of fused-ring (bicyclic) bond motifs is 5. The molecule has 1 aliphatic carbocycles. The van der Waals surface area contributed by atoms with Gasteiger partial charge in [0.1, 0.15) is 35.1 Å². The van der Waals surface area contributed by atoms with Crippen molar-refractivity contribution in [3.05, 3.63) is 60.8 Å². The summed E-state index contributed by atoms with van der Waals surface area (Å²) < 4.78 is 17.6. The van der Waals surface area contributed by atoms with E-state index in [0.717, 1.165) is 40.9 Å². The molecule has 1 saturated heterocycles. The minimum atomic E-state index is -1.19. The Hall–Kier alpha value is -4.67. The lowest BCUT2D eigenvalue weighted by molar-refractivity contribution is -0.150. The van der Waals surface area contributed by atoms with Crippen LogP contribution in [0.15, 0.2) is 60.8 Å². The SMILES string of the molecule is CCOC(=O)[C@@]12C[C@H]1C=CCCCCC[C@H](NC(=O)OC(C)(C)C)C(=O)N1C[C@H](Oc3cccc4ncc5ccccc5c34)C[C@H]1C(=O)N2. The summed E-state index contributed by atoms with van der Waals surface area (Å²) in [6, 6.07) is 11.7. The van der Waals surface area contributed by atoms with Crippen molar-refractivity contribution in [2.24, 2.45) is 5.92 Å². The second-order valence-electron chi connectivity index (χ2n) is 14.2. The molecule has 11 nitrogen and oxygen atoms in total. The standard InChI is InChI=1S/C38H46N4O7/c1-5-47-35(45)38-21-25(38)15-9-7-6-8-10-17-29(40-36(46)49-37(2,3)4)34(44)42-23-26(20-30(42)33(43)41-38)48-31-19-13-18-28-32(31)27-16-12-11-14-24(27)22-39-28/h9,11-16,18-19,22,25-26,29-30H,5-8,10,17,20-21,23H2,1-4H3,(H,40,46)(H,41,43)/t25-,26-,29+,30+,38-/m1/s1. The van der Waals surface area contributed by atoms with Gasteiger partial charge in [-0.3, -0.25) is 14.6 Å². The van der Waals surface area contributed by atoms with Gasteiger partial charge in [0.25, 0.3) is 0 Å². The third kappa shape index (κ3) is 7.50. The van der Waals surface area contributed by atoms with Crippen molar-refractivity contribution in [2.75, 3.05) is 13.2 Å². The number of alkyl carbamates (subject to hydrolysis) is 1. The fourth-order valence-corrected chi connectivity index (χ4v) is 6.99. The first-order chi connectivity index (χ1) is 23.5. The second-order valence-corrected chi connectivity index (χ2v) is 14.2. The molecule has 3 aliphatic rings. The molecular weight excluding hydrogens is 624 g/mol. The molecule has 2 aliphatic heterocycles. The molecule has 3 heterocycles. The van der Waals surface area contributed by atoms with E-state index < -0.39 is 53.2 Å². The Morgan fingerprint density at radius 3 is 2.69 bits per heavy atom. The summed E-state index contributed by atoms with van der Waals surface area (Å²) in [5.41, 5.74) is -1.18. The number of allylic oxidation sites excluding steroid dienone is 1. The summed E-state index contributed by atoms with van der Waals surface area (Å²) in [5.74, 6) is -0.935. The molecule has 2 fully saturated rings. The lowest BCUT2D eigenvalue weighted by Crippen LogP contribution is -2.56. The van der Waals surface area contributed by atoms with Gasteiger partial charge < -0.3 is 29.7 Å². The molecule has 3 aromatic rings. The highest BCUT2D eigenvalue weighted by atomic mass is 16.6. The Morgan fingerprint density at radius 2 is 1.90 bits per heavy atom. The first-order valence-electron chi connectivity index (χ1n) is 17.4. The highest BCUT2D eigenvalue weighted by Gasteiger charge is 2.62. The quantitative estimate of drug-likeness (QED) is 0.204. The summed E-state index contributed by atoms with van der Waals surface area (Å²) >= 11 is 0. The van der Waals surface area contributed by atoms with Gasteiger partial charge in [0.15, 0.2) is 0 Å². The van der Waals surface area contributed by atoms with E-state index in [9.17, 15) is 19.2 Å². The molecule has 260 valence electrons. The van der Waals surface area contributed by atoms with Crippen LogP contribution in [0.5, 0.6) is 5.75 Å². The number of hydrogen-bond acceptors (Lipinski definition) is 8. The van der Waals surface area contributed by atoms with E-state index in [2.05, 4.69) is 15.6 Å². The number of carbonyl (C=O) groups excluding carboxylic acids is 4. The average molecular weight is 671 g/mol. The number of esters is 1. The van der Waals surface area contributed by atoms with Crippen LogP contribution >= 0.6 is 0 Å². The van der Waals surface area contributed by atoms with Gasteiger partial charge in [-0.25, -0.2) is 9.59 Å². The van der Waals surface area contributed by atoms with E-state index in [1.807, 2.05) is 60.8 Å². The largest absolute Gasteiger partial charge is 0.488 e. The maximum atomic E-state index is 14.4. The Morgan fingerprint density at radius 1 is 1.08 bits per heavy atom. The van der Waals surface area contributed by atoms with E-state index in [-0.39, 0.29) is 25.5 Å². The predicted molar refractivity (Wildman–Crippen MR) is 185 cm³/mol. The van der Waals surface area contributed by atoms with Crippen molar-refractivity contribution in [3.8, 4) is 5.75 Å². The molecule has 1 saturated carbocycles. The number of hydrogen-bond donors (Lipinski definition) is 2. The van der Waals surface area contributed by atoms with E-state index >= 15 is 0 Å². The van der Waals surface area contributed by atoms with Crippen molar-refractivity contribution in [1.82, 2.24) is 20.5 Å². The molecule has 2 aromatic carbocycles. The Bertz CT molecular complexity index is 1770. The topological polar surface area (TPSA) is 136 Å². The van der Waals surface area contributed by atoms with E-state index in [1.165, 1.54) is 4.90 Å². The van der Waals surface area contributed by atoms with Gasteiger partial charge in [0.05, 0.1) is 24.1 Å². The first-order valence-corrected chi connectivity index (χ1v) is 17.4. The summed E-state index contributed by atoms with van der Waals surface area (Å²) in [4.78, 5) is 60.9. The van der Waals surface area contributed by atoms with Crippen molar-refractivity contribution < 1.29 is 33.4 Å². The zero-order valence-corrected chi connectivity index (χ0v) is 28.7. The molecule has 0 unspecified atom stereocenters. The Balaban J connectivity index is 1.33. The highest BCUT2D eigenvalue weighted by molar-refractivity contribution is 6.08. The Kier molecular flexibility index (Phi) is 9.81. The molecular formula is C38H46N4O7. The molecule has 49 heavy (non-hydrogen) atoms. The van der Waals surface area contributed by atoms with Gasteiger partial charge >= 0.3 is 12.1 Å². The van der Waals surface area contributed by atoms with E-state index in [4.69, 9.17) is 14.2 Å². The molecule has 6 rings (SSSR count). The van der Waals surface area contributed by atoms with Crippen molar-refractivity contribution >= 4 is 45.6 Å². The zero-order valence-electron chi connectivity index (χ0n) is 28.7. The smallest absolute Gasteiger partial charge is 0.408 e. The number of nitrogens with one attached hydrogen (secondary N) is 2. The zero-order chi connectivity index (χ0) is 34.8. The van der Waals surface area contributed by atoms with Crippen molar-refractivity contribution in [1.29, 1.82) is 0 Å². The van der Waals surface area contributed by atoms with E-state index in [1.54, 1.807) is 27.7 Å². The maximum absolute atomic E-state index is 14.4. The summed E-state index contributed by atoms with van der Waals surface area (Å²) in [5, 5.41) is 8.59. The minimum absolute atomic E-state index is 0.105. The molecule has 3 amide bonds. The van der Waals surface area contributed by atoms with Gasteiger partial charge in [-0.2, -0.15) is 0 Å². The van der Waals surface area contributed by atoms with E-state index in [0.29, 0.717) is 25.0 Å². The van der Waals surface area contributed by atoms with Gasteiger partial charge in [-0.05, 0) is 70.9 Å². The monoisotopic (exact) mass is 670 g/mol. The second kappa shape index (κ2) is 14.1. The number of amides is 3. The van der Waals surface area contributed by atoms with Crippen LogP contribution < -0.4 is 15.4 Å². The van der Waals surface area contributed by atoms with Crippen LogP contribution in [0.4, 0.5) is 4.79 Å². The Labute approximate surface area is 286 Å². The lowest BCUT2D eigenvalue weighted by atomic mass is 10.0. The first kappa shape index (κ1) is 34.2. The van der Waals surface area contributed by atoms with Crippen LogP contribution in [0.25, 0.3) is 21.7 Å². The van der Waals surface area contributed by atoms with Gasteiger partial charge in [0.2, 0.25) is 11.8 Å². The maximum Gasteiger partial charge on any atom is 0.408 e. The summed E-state index contributed by atoms with van der Waals surface area (Å²) in [6.45, 7) is 7.31. The lowest BCUT2D eigenvalue weighted by Gasteiger charge is -2.30. The van der Waals surface area contributed by atoms with Gasteiger partial charge in [0, 0.05) is 23.9 Å². The van der Waals surface area contributed by atoms with Crippen LogP contribution in [0.3, 0.4) is 0 Å². The predicted octanol–water partition coefficient (Wildman–Crippen LogP) is 5.59. The summed E-state index contributed by atoms with van der Waals surface area (Å²) in [7, 11) is 0. The van der Waals surface area contributed by atoms with Crippen LogP contribution in [-0.2, 0) is 23.9 Å². The van der Waals surface area contributed by atoms with Gasteiger partial charge in [-0.1, -0.05) is 55.3 Å². The average Bonchev–Trinajstić information content (AvgIpc) is 3.59. The van der Waals surface area contributed by atoms with Crippen molar-refractivity contribution in [3.63, 3.8) is 0 Å². The molecule has 0 radical (unpaired) electrons. The molecule has 1 aromatic heterocycles. The van der Waals surface area contributed by atoms with Crippen LogP contribution in [0.1, 0.15) is 72.6 Å². The number of rotatable bonds is 5. The third-order valence-electron chi connectivity index (χ3n) is 9.44. The third-order valence-corrected chi connectivity index (χ3v) is 9.44. The number of ether oxygens (including phenoxy) is 3. The molecule has 0 bridgehead atoms. The molecule has 5 atom stereocenters. The summed E-state index contributed by atoms with van der Waals surface area (Å²) in [6.07, 6.45) is 8.82. The fourth-order valence-electron chi connectivity index (χ4n) is 6.99. The highest BCUT2D eigenvalue weighted by Crippen LogP contribution is 2.46. The molecule has 2 N–H and O–H groups in total. The number of nitrogens with zero attached hydrogens (tertiary/aromatic N) is 2. The van der Waals surface area contributed by atoms with Crippen LogP contribution in [0.2, 0.25) is 0 Å².